The average molecular weight is 495 g/mol. The van der Waals surface area contributed by atoms with E-state index in [1.54, 1.807) is 12.5 Å². The predicted octanol–water partition coefficient (Wildman–Crippen LogP) is -2.49. The van der Waals surface area contributed by atoms with Crippen molar-refractivity contribution in [3.05, 3.63) is 55.4 Å². The molecule has 9 nitrogen and oxygen atoms in total. The number of piperazine rings is 1. The van der Waals surface area contributed by atoms with Gasteiger partial charge in [-0.05, 0) is 19.1 Å². The smallest absolute Gasteiger partial charge is 0.550 e. The number of carbonyl (C=O) groups excluding carboxylic acids is 1. The number of ether oxygens (including phenoxy) is 1. The van der Waals surface area contributed by atoms with Gasteiger partial charge in [0.05, 0.1) is 23.7 Å². The van der Waals surface area contributed by atoms with Crippen molar-refractivity contribution in [1.29, 1.82) is 0 Å². The molecule has 1 fully saturated rings. The number of aromatic nitrogens is 2. The van der Waals surface area contributed by atoms with Crippen LogP contribution in [0.15, 0.2) is 39.2 Å². The number of anilines is 1. The van der Waals surface area contributed by atoms with Gasteiger partial charge in [0, 0.05) is 68.5 Å². The molecule has 34 heavy (non-hydrogen) atoms. The summed E-state index contributed by atoms with van der Waals surface area (Å²) in [6, 6.07) is 7.93. The van der Waals surface area contributed by atoms with Crippen molar-refractivity contribution in [3.8, 4) is 5.75 Å². The standard InChI is InChI=1S/C23H28N4O5S.Na/c1-16-21-18(15-33-16)26(8-7-20(28)29)23(31)27(22(21)30)14-11-24-9-12-25(13-10-24)17-5-3-4-6-19(17)32-2;/h3-6,15H,7-14H2,1-2H3,(H,28,29);/q;+1/p-1. The molecule has 0 bridgehead atoms. The van der Waals surface area contributed by atoms with E-state index in [9.17, 15) is 19.5 Å². The van der Waals surface area contributed by atoms with Crippen molar-refractivity contribution in [2.45, 2.75) is 26.4 Å². The number of fused-ring (bicyclic) bond motifs is 1. The second-order valence-electron chi connectivity index (χ2n) is 8.07. The zero-order valence-corrected chi connectivity index (χ0v) is 22.6. The van der Waals surface area contributed by atoms with Gasteiger partial charge in [0.2, 0.25) is 0 Å². The molecule has 0 atom stereocenters. The minimum absolute atomic E-state index is 0. The molecule has 1 saturated heterocycles. The number of benzene rings is 1. The molecule has 0 N–H and O–H groups in total. The van der Waals surface area contributed by atoms with Crippen molar-refractivity contribution in [1.82, 2.24) is 14.0 Å². The third-order valence-electron chi connectivity index (χ3n) is 6.14. The summed E-state index contributed by atoms with van der Waals surface area (Å²) in [4.78, 5) is 42.5. The van der Waals surface area contributed by atoms with Crippen LogP contribution in [-0.2, 0) is 17.9 Å². The Morgan fingerprint density at radius 2 is 1.76 bits per heavy atom. The van der Waals surface area contributed by atoms with Gasteiger partial charge in [-0.2, -0.15) is 0 Å². The minimum Gasteiger partial charge on any atom is -0.550 e. The maximum Gasteiger partial charge on any atom is 1.00 e. The number of hydrogen-bond acceptors (Lipinski definition) is 8. The van der Waals surface area contributed by atoms with Gasteiger partial charge in [-0.3, -0.25) is 18.8 Å². The van der Waals surface area contributed by atoms with Crippen LogP contribution >= 0.6 is 11.3 Å². The number of methoxy groups -OCH3 is 1. The van der Waals surface area contributed by atoms with E-state index >= 15 is 0 Å². The fourth-order valence-corrected chi connectivity index (χ4v) is 5.18. The Labute approximate surface area is 223 Å². The van der Waals surface area contributed by atoms with Gasteiger partial charge in [0.25, 0.3) is 5.56 Å². The fraction of sp³-hybridized carbons (Fsp3) is 0.435. The second kappa shape index (κ2) is 11.5. The van der Waals surface area contributed by atoms with Crippen LogP contribution in [0.1, 0.15) is 11.3 Å². The van der Waals surface area contributed by atoms with Crippen molar-refractivity contribution in [2.75, 3.05) is 44.7 Å². The van der Waals surface area contributed by atoms with Gasteiger partial charge < -0.3 is 19.5 Å². The molecular formula is C23H27N4NaO5S. The zero-order valence-electron chi connectivity index (χ0n) is 19.8. The Bertz CT molecular complexity index is 1280. The van der Waals surface area contributed by atoms with Crippen LogP contribution in [0, 0.1) is 6.92 Å². The van der Waals surface area contributed by atoms with Crippen LogP contribution in [0.3, 0.4) is 0 Å². The van der Waals surface area contributed by atoms with Gasteiger partial charge >= 0.3 is 35.2 Å². The van der Waals surface area contributed by atoms with Crippen LogP contribution < -0.4 is 55.5 Å². The zero-order chi connectivity index (χ0) is 23.5. The van der Waals surface area contributed by atoms with E-state index < -0.39 is 11.7 Å². The molecule has 0 spiro atoms. The van der Waals surface area contributed by atoms with E-state index in [0.717, 1.165) is 42.5 Å². The summed E-state index contributed by atoms with van der Waals surface area (Å²) in [6.45, 7) is 5.85. The van der Waals surface area contributed by atoms with E-state index in [-0.39, 0.29) is 54.6 Å². The van der Waals surface area contributed by atoms with Gasteiger partial charge in [-0.15, -0.1) is 11.3 Å². The van der Waals surface area contributed by atoms with Crippen LogP contribution in [0.25, 0.3) is 10.9 Å². The topological polar surface area (TPSA) is 99.8 Å². The third-order valence-corrected chi connectivity index (χ3v) is 7.04. The molecule has 1 aliphatic heterocycles. The molecule has 3 heterocycles. The minimum atomic E-state index is -1.23. The van der Waals surface area contributed by atoms with Gasteiger partial charge in [0.1, 0.15) is 5.75 Å². The summed E-state index contributed by atoms with van der Waals surface area (Å²) in [5, 5.41) is 13.2. The number of carboxylic acids is 1. The Kier molecular flexibility index (Phi) is 9.00. The third kappa shape index (κ3) is 5.41. The molecule has 0 aliphatic carbocycles. The molecule has 4 rings (SSSR count). The van der Waals surface area contributed by atoms with Crippen molar-refractivity contribution in [3.63, 3.8) is 0 Å². The Hall–Kier alpha value is -2.11. The molecule has 0 amide bonds. The molecule has 2 aromatic heterocycles. The van der Waals surface area contributed by atoms with Gasteiger partial charge in [-0.1, -0.05) is 12.1 Å². The van der Waals surface area contributed by atoms with Crippen molar-refractivity contribution < 1.29 is 44.2 Å². The first-order valence-electron chi connectivity index (χ1n) is 10.9. The molecule has 0 unspecified atom stereocenters. The van der Waals surface area contributed by atoms with E-state index in [1.165, 1.54) is 20.5 Å². The number of thiophene rings is 1. The molecular weight excluding hydrogens is 467 g/mol. The number of para-hydroxylation sites is 2. The fourth-order valence-electron chi connectivity index (χ4n) is 4.33. The first kappa shape index (κ1) is 26.5. The Balaban J connectivity index is 0.00000324. The van der Waals surface area contributed by atoms with E-state index in [0.29, 0.717) is 17.4 Å². The number of rotatable bonds is 8. The van der Waals surface area contributed by atoms with E-state index in [2.05, 4.69) is 9.80 Å². The number of carboxylic acid groups (broad SMARTS) is 1. The van der Waals surface area contributed by atoms with Crippen molar-refractivity contribution in [2.24, 2.45) is 0 Å². The number of hydrogen-bond donors (Lipinski definition) is 0. The second-order valence-corrected chi connectivity index (χ2v) is 9.15. The molecule has 11 heteroatoms. The maximum absolute atomic E-state index is 13.1. The number of carbonyl (C=O) groups is 1. The summed E-state index contributed by atoms with van der Waals surface area (Å²) in [7, 11) is 1.67. The number of nitrogens with zero attached hydrogens (tertiary/aromatic N) is 4. The molecule has 1 aromatic carbocycles. The molecule has 0 saturated carbocycles. The van der Waals surface area contributed by atoms with Crippen LogP contribution in [-0.4, -0.2) is 59.8 Å². The van der Waals surface area contributed by atoms with Gasteiger partial charge in [-0.25, -0.2) is 4.79 Å². The molecule has 3 aromatic rings. The normalized spacial score (nSPS) is 14.2. The van der Waals surface area contributed by atoms with Gasteiger partial charge in [0.15, 0.2) is 0 Å². The van der Waals surface area contributed by atoms with E-state index in [1.807, 2.05) is 31.2 Å². The monoisotopic (exact) mass is 494 g/mol. The molecule has 1 aliphatic rings. The first-order valence-corrected chi connectivity index (χ1v) is 11.8. The van der Waals surface area contributed by atoms with Crippen LogP contribution in [0.4, 0.5) is 5.69 Å². The molecule has 176 valence electrons. The van der Waals surface area contributed by atoms with Crippen LogP contribution in [0.2, 0.25) is 0 Å². The maximum atomic E-state index is 13.1. The Morgan fingerprint density at radius 3 is 2.44 bits per heavy atom. The van der Waals surface area contributed by atoms with Crippen LogP contribution in [0.5, 0.6) is 5.75 Å². The SMILES string of the molecule is COc1ccccc1N1CCN(CCn2c(=O)c3c(C)scc3n(CCC(=O)[O-])c2=O)CC1.[Na+]. The summed E-state index contributed by atoms with van der Waals surface area (Å²) in [5.41, 5.74) is 0.769. The first-order chi connectivity index (χ1) is 15.9. The average Bonchev–Trinajstić information content (AvgIpc) is 3.20. The number of aliphatic carboxylic acids is 1. The quantitative estimate of drug-likeness (QED) is 0.320. The summed E-state index contributed by atoms with van der Waals surface area (Å²) in [6.07, 6.45) is -0.285. The van der Waals surface area contributed by atoms with E-state index in [4.69, 9.17) is 4.74 Å². The molecule has 0 radical (unpaired) electrons. The predicted molar refractivity (Wildman–Crippen MR) is 126 cm³/mol. The Morgan fingerprint density at radius 1 is 1.06 bits per heavy atom. The summed E-state index contributed by atoms with van der Waals surface area (Å²) >= 11 is 1.38. The number of aryl methyl sites for hydroxylation is 2. The summed E-state index contributed by atoms with van der Waals surface area (Å²) in [5.74, 6) is -0.387. The summed E-state index contributed by atoms with van der Waals surface area (Å²) < 4.78 is 8.10. The largest absolute Gasteiger partial charge is 1.00 e. The van der Waals surface area contributed by atoms with Crippen molar-refractivity contribution >= 4 is 33.9 Å².